The fourth-order valence-corrected chi connectivity index (χ4v) is 1.50. The van der Waals surface area contributed by atoms with Crippen LogP contribution < -0.4 is 0 Å². The van der Waals surface area contributed by atoms with Gasteiger partial charge in [0.15, 0.2) is 0 Å². The van der Waals surface area contributed by atoms with E-state index >= 15 is 0 Å². The Morgan fingerprint density at radius 3 is 2.47 bits per heavy atom. The Kier molecular flexibility index (Phi) is 2.41. The number of amides is 1. The van der Waals surface area contributed by atoms with Crippen LogP contribution in [0, 0.1) is 0 Å². The van der Waals surface area contributed by atoms with Gasteiger partial charge in [0, 0.05) is 6.54 Å². The number of esters is 1. The predicted molar refractivity (Wildman–Crippen MR) is 52.9 cm³/mol. The van der Waals surface area contributed by atoms with E-state index in [1.165, 1.54) is 4.90 Å². The summed E-state index contributed by atoms with van der Waals surface area (Å²) in [5, 5.41) is 0. The van der Waals surface area contributed by atoms with Gasteiger partial charge in [-0.25, -0.2) is 9.59 Å². The van der Waals surface area contributed by atoms with Crippen molar-refractivity contribution >= 4 is 12.1 Å². The molecule has 1 atom stereocenters. The Bertz CT molecular complexity index is 388. The second kappa shape index (κ2) is 3.73. The van der Waals surface area contributed by atoms with Gasteiger partial charge in [0.05, 0.1) is 0 Å². The number of carbonyl (C=O) groups excluding carboxylic acids is 2. The van der Waals surface area contributed by atoms with Crippen molar-refractivity contribution in [1.82, 2.24) is 4.90 Å². The van der Waals surface area contributed by atoms with Crippen molar-refractivity contribution in [1.29, 1.82) is 0 Å². The van der Waals surface area contributed by atoms with Crippen molar-refractivity contribution in [2.75, 3.05) is 0 Å². The minimum Gasteiger partial charge on any atom is -0.375 e. The lowest BCUT2D eigenvalue weighted by Gasteiger charge is -2.16. The quantitative estimate of drug-likeness (QED) is 0.543. The van der Waals surface area contributed by atoms with E-state index < -0.39 is 18.1 Å². The average molecular weight is 205 g/mol. The predicted octanol–water partition coefficient (Wildman–Crippen LogP) is 1.55. The zero-order valence-electron chi connectivity index (χ0n) is 8.34. The summed E-state index contributed by atoms with van der Waals surface area (Å²) in [6.07, 6.45) is -0.559. The van der Waals surface area contributed by atoms with Crippen LogP contribution in [0.1, 0.15) is 12.5 Å². The van der Waals surface area contributed by atoms with Crippen LogP contribution in [0.2, 0.25) is 0 Å². The second-order valence-electron chi connectivity index (χ2n) is 3.48. The topological polar surface area (TPSA) is 46.6 Å². The summed E-state index contributed by atoms with van der Waals surface area (Å²) in [6, 6.07) is 9.01. The SMILES string of the molecule is C[C@@H]1C(=O)OC(=O)N1Cc1ccccc1. The zero-order valence-corrected chi connectivity index (χ0v) is 8.34. The number of carbonyl (C=O) groups is 2. The molecule has 0 aromatic heterocycles. The number of ether oxygens (including phenoxy) is 1. The van der Waals surface area contributed by atoms with Crippen LogP contribution in [0.3, 0.4) is 0 Å². The average Bonchev–Trinajstić information content (AvgIpc) is 2.47. The first-order chi connectivity index (χ1) is 7.18. The van der Waals surface area contributed by atoms with Crippen LogP contribution in [-0.2, 0) is 16.1 Å². The Balaban J connectivity index is 2.13. The highest BCUT2D eigenvalue weighted by atomic mass is 16.6. The molecule has 0 spiro atoms. The minimum atomic E-state index is -0.559. The molecule has 0 N–H and O–H groups in total. The first-order valence-corrected chi connectivity index (χ1v) is 4.74. The maximum Gasteiger partial charge on any atom is 0.418 e. The van der Waals surface area contributed by atoms with Gasteiger partial charge >= 0.3 is 12.1 Å². The van der Waals surface area contributed by atoms with Gasteiger partial charge in [-0.15, -0.1) is 0 Å². The highest BCUT2D eigenvalue weighted by molar-refractivity contribution is 5.95. The van der Waals surface area contributed by atoms with Crippen molar-refractivity contribution < 1.29 is 14.3 Å². The molecule has 0 aliphatic carbocycles. The van der Waals surface area contributed by atoms with Crippen LogP contribution in [0.15, 0.2) is 30.3 Å². The van der Waals surface area contributed by atoms with Crippen LogP contribution in [0.25, 0.3) is 0 Å². The Hall–Kier alpha value is -1.84. The smallest absolute Gasteiger partial charge is 0.375 e. The number of rotatable bonds is 2. The van der Waals surface area contributed by atoms with E-state index in [0.717, 1.165) is 5.56 Å². The number of hydrogen-bond acceptors (Lipinski definition) is 3. The van der Waals surface area contributed by atoms with Crippen LogP contribution in [0.4, 0.5) is 4.79 Å². The van der Waals surface area contributed by atoms with Crippen molar-refractivity contribution in [3.63, 3.8) is 0 Å². The summed E-state index contributed by atoms with van der Waals surface area (Å²) < 4.78 is 4.51. The molecule has 1 amide bonds. The molecule has 4 nitrogen and oxygen atoms in total. The highest BCUT2D eigenvalue weighted by Gasteiger charge is 2.37. The summed E-state index contributed by atoms with van der Waals surface area (Å²) in [5.74, 6) is -0.476. The first kappa shape index (κ1) is 9.71. The third-order valence-corrected chi connectivity index (χ3v) is 2.43. The molecule has 1 aromatic rings. The minimum absolute atomic E-state index is 0.409. The number of nitrogens with zero attached hydrogens (tertiary/aromatic N) is 1. The molecule has 1 fully saturated rings. The monoisotopic (exact) mass is 205 g/mol. The summed E-state index contributed by atoms with van der Waals surface area (Å²) >= 11 is 0. The van der Waals surface area contributed by atoms with E-state index in [0.29, 0.717) is 6.54 Å². The molecule has 1 aliphatic heterocycles. The number of benzene rings is 1. The molecule has 0 saturated carbocycles. The second-order valence-corrected chi connectivity index (χ2v) is 3.48. The molecule has 0 radical (unpaired) electrons. The van der Waals surface area contributed by atoms with Gasteiger partial charge in [0.2, 0.25) is 0 Å². The molecule has 1 aromatic carbocycles. The maximum atomic E-state index is 11.3. The molecular formula is C11H11NO3. The standard InChI is InChI=1S/C11H11NO3/c1-8-10(13)15-11(14)12(8)7-9-5-3-2-4-6-9/h2-6,8H,7H2,1H3/t8-/m1/s1. The van der Waals surface area contributed by atoms with Crippen molar-refractivity contribution in [3.8, 4) is 0 Å². The van der Waals surface area contributed by atoms with Crippen LogP contribution in [-0.4, -0.2) is 23.0 Å². The van der Waals surface area contributed by atoms with Crippen LogP contribution >= 0.6 is 0 Å². The molecule has 2 rings (SSSR count). The van der Waals surface area contributed by atoms with Gasteiger partial charge in [0.25, 0.3) is 0 Å². The highest BCUT2D eigenvalue weighted by Crippen LogP contribution is 2.16. The maximum absolute atomic E-state index is 11.3. The van der Waals surface area contributed by atoms with Gasteiger partial charge in [-0.05, 0) is 12.5 Å². The van der Waals surface area contributed by atoms with Gasteiger partial charge < -0.3 is 4.74 Å². The summed E-state index contributed by atoms with van der Waals surface area (Å²) in [5.41, 5.74) is 0.982. The molecule has 0 bridgehead atoms. The third-order valence-electron chi connectivity index (χ3n) is 2.43. The van der Waals surface area contributed by atoms with E-state index in [1.54, 1.807) is 6.92 Å². The van der Waals surface area contributed by atoms with E-state index in [9.17, 15) is 9.59 Å². The number of cyclic esters (lactones) is 2. The molecule has 1 saturated heterocycles. The fraction of sp³-hybridized carbons (Fsp3) is 0.273. The van der Waals surface area contributed by atoms with Crippen molar-refractivity contribution in [3.05, 3.63) is 35.9 Å². The zero-order chi connectivity index (χ0) is 10.8. The lowest BCUT2D eigenvalue weighted by molar-refractivity contribution is -0.135. The fourth-order valence-electron chi connectivity index (χ4n) is 1.50. The van der Waals surface area contributed by atoms with E-state index in [4.69, 9.17) is 0 Å². The Morgan fingerprint density at radius 1 is 1.27 bits per heavy atom. The largest absolute Gasteiger partial charge is 0.418 e. The molecule has 1 heterocycles. The van der Waals surface area contributed by atoms with E-state index in [-0.39, 0.29) is 0 Å². The Morgan fingerprint density at radius 2 is 1.93 bits per heavy atom. The molecule has 1 aliphatic rings. The molecular weight excluding hydrogens is 194 g/mol. The van der Waals surface area contributed by atoms with Crippen LogP contribution in [0.5, 0.6) is 0 Å². The van der Waals surface area contributed by atoms with Gasteiger partial charge in [0.1, 0.15) is 6.04 Å². The summed E-state index contributed by atoms with van der Waals surface area (Å²) in [4.78, 5) is 23.8. The molecule has 0 unspecified atom stereocenters. The molecule has 78 valence electrons. The molecule has 4 heteroatoms. The summed E-state index contributed by atoms with van der Waals surface area (Å²) in [7, 11) is 0. The van der Waals surface area contributed by atoms with E-state index in [1.807, 2.05) is 30.3 Å². The number of hydrogen-bond donors (Lipinski definition) is 0. The normalized spacial score (nSPS) is 20.6. The first-order valence-electron chi connectivity index (χ1n) is 4.74. The van der Waals surface area contributed by atoms with Crippen molar-refractivity contribution in [2.24, 2.45) is 0 Å². The van der Waals surface area contributed by atoms with Gasteiger partial charge in [-0.3, -0.25) is 4.90 Å². The van der Waals surface area contributed by atoms with Crippen molar-refractivity contribution in [2.45, 2.75) is 19.5 Å². The lowest BCUT2D eigenvalue weighted by atomic mass is 10.2. The molecule has 15 heavy (non-hydrogen) atoms. The van der Waals surface area contributed by atoms with Gasteiger partial charge in [-0.2, -0.15) is 0 Å². The third kappa shape index (κ3) is 1.83. The van der Waals surface area contributed by atoms with Gasteiger partial charge in [-0.1, -0.05) is 30.3 Å². The summed E-state index contributed by atoms with van der Waals surface area (Å²) in [6.45, 7) is 2.07. The van der Waals surface area contributed by atoms with E-state index in [2.05, 4.69) is 4.74 Å². The Labute approximate surface area is 87.4 Å². The lowest BCUT2D eigenvalue weighted by Crippen LogP contribution is -2.31.